The van der Waals surface area contributed by atoms with Crippen LogP contribution >= 0.6 is 0 Å². The number of aryl methyl sites for hydroxylation is 1. The van der Waals surface area contributed by atoms with E-state index < -0.39 is 0 Å². The van der Waals surface area contributed by atoms with Gasteiger partial charge < -0.3 is 24.1 Å². The molecule has 138 valence electrons. The molecule has 0 atom stereocenters. The first-order chi connectivity index (χ1) is 13.2. The van der Waals surface area contributed by atoms with Gasteiger partial charge in [0.15, 0.2) is 17.3 Å². The number of benzene rings is 2. The molecule has 1 aromatic heterocycles. The maximum absolute atomic E-state index is 12.8. The van der Waals surface area contributed by atoms with Crippen molar-refractivity contribution in [3.8, 4) is 28.6 Å². The van der Waals surface area contributed by atoms with Gasteiger partial charge in [-0.2, -0.15) is 0 Å². The standard InChI is InChI=1S/C20H18N2O5/c1-12-18(19(27-22-12)14-5-3-4-6-15(14)24-2)20(23)21-10-13-7-8-16-17(9-13)26-11-25-16/h3-9H,10-11H2,1-2H3,(H,21,23). The number of fused-ring (bicyclic) bond motifs is 1. The lowest BCUT2D eigenvalue weighted by Crippen LogP contribution is -2.23. The van der Waals surface area contributed by atoms with E-state index in [0.717, 1.165) is 5.56 Å². The van der Waals surface area contributed by atoms with Crippen LogP contribution < -0.4 is 19.5 Å². The number of carbonyl (C=O) groups is 1. The Morgan fingerprint density at radius 2 is 2.00 bits per heavy atom. The quantitative estimate of drug-likeness (QED) is 0.746. The Balaban J connectivity index is 1.57. The van der Waals surface area contributed by atoms with Crippen LogP contribution in [0, 0.1) is 6.92 Å². The van der Waals surface area contributed by atoms with Crippen molar-refractivity contribution < 1.29 is 23.5 Å². The van der Waals surface area contributed by atoms with E-state index in [-0.39, 0.29) is 12.7 Å². The molecular formula is C20H18N2O5. The Morgan fingerprint density at radius 1 is 1.19 bits per heavy atom. The smallest absolute Gasteiger partial charge is 0.257 e. The van der Waals surface area contributed by atoms with Crippen LogP contribution in [0.2, 0.25) is 0 Å². The summed E-state index contributed by atoms with van der Waals surface area (Å²) in [6, 6.07) is 12.9. The van der Waals surface area contributed by atoms with Crippen LogP contribution in [0.15, 0.2) is 47.0 Å². The van der Waals surface area contributed by atoms with Gasteiger partial charge in [-0.1, -0.05) is 23.4 Å². The molecule has 27 heavy (non-hydrogen) atoms. The molecule has 7 nitrogen and oxygen atoms in total. The van der Waals surface area contributed by atoms with Crippen molar-refractivity contribution in [1.29, 1.82) is 0 Å². The Morgan fingerprint density at radius 3 is 2.85 bits per heavy atom. The zero-order chi connectivity index (χ0) is 18.8. The number of carbonyl (C=O) groups excluding carboxylic acids is 1. The number of hydrogen-bond acceptors (Lipinski definition) is 6. The SMILES string of the molecule is COc1ccccc1-c1onc(C)c1C(=O)NCc1ccc2c(c1)OCO2. The normalized spacial score (nSPS) is 12.1. The molecule has 0 bridgehead atoms. The van der Waals surface area contributed by atoms with Crippen LogP contribution in [0.5, 0.6) is 17.2 Å². The topological polar surface area (TPSA) is 82.8 Å². The average Bonchev–Trinajstić information content (AvgIpc) is 3.32. The number of nitrogens with one attached hydrogen (secondary N) is 1. The summed E-state index contributed by atoms with van der Waals surface area (Å²) in [5.41, 5.74) is 2.48. The minimum atomic E-state index is -0.271. The molecule has 0 saturated carbocycles. The van der Waals surface area contributed by atoms with E-state index in [4.69, 9.17) is 18.7 Å². The Labute approximate surface area is 155 Å². The minimum Gasteiger partial charge on any atom is -0.496 e. The molecule has 1 aliphatic heterocycles. The van der Waals surface area contributed by atoms with Gasteiger partial charge in [-0.25, -0.2) is 0 Å². The summed E-state index contributed by atoms with van der Waals surface area (Å²) in [5, 5.41) is 6.87. The van der Waals surface area contributed by atoms with Crippen LogP contribution in [-0.4, -0.2) is 25.0 Å². The number of hydrogen-bond donors (Lipinski definition) is 1. The molecule has 1 N–H and O–H groups in total. The first kappa shape index (κ1) is 17.0. The van der Waals surface area contributed by atoms with Crippen molar-refractivity contribution in [1.82, 2.24) is 10.5 Å². The highest BCUT2D eigenvalue weighted by Crippen LogP contribution is 2.34. The maximum atomic E-state index is 12.8. The van der Waals surface area contributed by atoms with Gasteiger partial charge in [-0.3, -0.25) is 4.79 Å². The van der Waals surface area contributed by atoms with Gasteiger partial charge in [-0.05, 0) is 36.8 Å². The van der Waals surface area contributed by atoms with E-state index in [9.17, 15) is 4.79 Å². The molecular weight excluding hydrogens is 348 g/mol. The van der Waals surface area contributed by atoms with Crippen LogP contribution in [0.4, 0.5) is 0 Å². The molecule has 0 saturated heterocycles. The predicted octanol–water partition coefficient (Wildman–Crippen LogP) is 3.32. The van der Waals surface area contributed by atoms with Crippen molar-refractivity contribution in [2.45, 2.75) is 13.5 Å². The summed E-state index contributed by atoms with van der Waals surface area (Å²) in [6.45, 7) is 2.29. The van der Waals surface area contributed by atoms with Gasteiger partial charge in [0.25, 0.3) is 5.91 Å². The van der Waals surface area contributed by atoms with Crippen molar-refractivity contribution in [2.24, 2.45) is 0 Å². The number of rotatable bonds is 5. The van der Waals surface area contributed by atoms with Gasteiger partial charge in [0.05, 0.1) is 18.4 Å². The summed E-state index contributed by atoms with van der Waals surface area (Å²) < 4.78 is 21.5. The molecule has 1 amide bonds. The lowest BCUT2D eigenvalue weighted by molar-refractivity contribution is 0.0950. The number of aromatic nitrogens is 1. The van der Waals surface area contributed by atoms with E-state index in [1.807, 2.05) is 42.5 Å². The highest BCUT2D eigenvalue weighted by Gasteiger charge is 2.24. The zero-order valence-corrected chi connectivity index (χ0v) is 14.9. The van der Waals surface area contributed by atoms with Gasteiger partial charge in [0, 0.05) is 6.54 Å². The molecule has 4 rings (SSSR count). The van der Waals surface area contributed by atoms with Gasteiger partial charge in [-0.15, -0.1) is 0 Å². The Kier molecular flexibility index (Phi) is 4.42. The van der Waals surface area contributed by atoms with Crippen molar-refractivity contribution in [2.75, 3.05) is 13.9 Å². The molecule has 2 aromatic carbocycles. The van der Waals surface area contributed by atoms with Crippen molar-refractivity contribution in [3.63, 3.8) is 0 Å². The van der Waals surface area contributed by atoms with Crippen LogP contribution in [0.1, 0.15) is 21.6 Å². The third-order valence-corrected chi connectivity index (χ3v) is 4.33. The molecule has 0 fully saturated rings. The molecule has 0 radical (unpaired) electrons. The average molecular weight is 366 g/mol. The lowest BCUT2D eigenvalue weighted by atomic mass is 10.1. The second-order valence-electron chi connectivity index (χ2n) is 6.04. The third kappa shape index (κ3) is 3.19. The monoisotopic (exact) mass is 366 g/mol. The molecule has 0 aliphatic carbocycles. The fourth-order valence-electron chi connectivity index (χ4n) is 2.97. The molecule has 7 heteroatoms. The van der Waals surface area contributed by atoms with E-state index >= 15 is 0 Å². The van der Waals surface area contributed by atoms with E-state index in [0.29, 0.717) is 46.4 Å². The largest absolute Gasteiger partial charge is 0.496 e. The van der Waals surface area contributed by atoms with Crippen LogP contribution in [0.25, 0.3) is 11.3 Å². The fraction of sp³-hybridized carbons (Fsp3) is 0.200. The van der Waals surface area contributed by atoms with Crippen molar-refractivity contribution >= 4 is 5.91 Å². The number of nitrogens with zero attached hydrogens (tertiary/aromatic N) is 1. The highest BCUT2D eigenvalue weighted by atomic mass is 16.7. The molecule has 1 aliphatic rings. The van der Waals surface area contributed by atoms with Crippen molar-refractivity contribution in [3.05, 3.63) is 59.3 Å². The number of ether oxygens (including phenoxy) is 3. The van der Waals surface area contributed by atoms with Gasteiger partial charge in [0.1, 0.15) is 11.3 Å². The molecule has 0 unspecified atom stereocenters. The second kappa shape index (κ2) is 7.03. The summed E-state index contributed by atoms with van der Waals surface area (Å²) in [4.78, 5) is 12.8. The molecule has 0 spiro atoms. The zero-order valence-electron chi connectivity index (χ0n) is 14.9. The number of methoxy groups -OCH3 is 1. The van der Waals surface area contributed by atoms with Gasteiger partial charge in [0.2, 0.25) is 6.79 Å². The molecule has 2 heterocycles. The van der Waals surface area contributed by atoms with Gasteiger partial charge >= 0.3 is 0 Å². The summed E-state index contributed by atoms with van der Waals surface area (Å²) in [7, 11) is 1.57. The predicted molar refractivity (Wildman–Crippen MR) is 97.0 cm³/mol. The maximum Gasteiger partial charge on any atom is 0.257 e. The summed E-state index contributed by atoms with van der Waals surface area (Å²) >= 11 is 0. The Bertz CT molecular complexity index is 996. The second-order valence-corrected chi connectivity index (χ2v) is 6.04. The Hall–Kier alpha value is -3.48. The molecule has 3 aromatic rings. The van der Waals surface area contributed by atoms with E-state index in [2.05, 4.69) is 10.5 Å². The first-order valence-electron chi connectivity index (χ1n) is 8.43. The number of para-hydroxylation sites is 1. The van der Waals surface area contributed by atoms with Crippen LogP contribution in [-0.2, 0) is 6.54 Å². The fourth-order valence-corrected chi connectivity index (χ4v) is 2.97. The van der Waals surface area contributed by atoms with E-state index in [1.165, 1.54) is 0 Å². The third-order valence-electron chi connectivity index (χ3n) is 4.33. The highest BCUT2D eigenvalue weighted by molar-refractivity contribution is 6.01. The summed E-state index contributed by atoms with van der Waals surface area (Å²) in [6.07, 6.45) is 0. The van der Waals surface area contributed by atoms with E-state index in [1.54, 1.807) is 14.0 Å². The van der Waals surface area contributed by atoms with Crippen LogP contribution in [0.3, 0.4) is 0 Å². The first-order valence-corrected chi connectivity index (χ1v) is 8.43. The minimum absolute atomic E-state index is 0.216. The summed E-state index contributed by atoms with van der Waals surface area (Å²) in [5.74, 6) is 2.11. The lowest BCUT2D eigenvalue weighted by Gasteiger charge is -2.09. The number of amides is 1.